The summed E-state index contributed by atoms with van der Waals surface area (Å²) in [6, 6.07) is 10.9. The summed E-state index contributed by atoms with van der Waals surface area (Å²) in [7, 11) is 0. The van der Waals surface area contributed by atoms with E-state index in [2.05, 4.69) is 71.9 Å². The first-order valence-corrected chi connectivity index (χ1v) is 7.20. The zero-order chi connectivity index (χ0) is 13.8. The van der Waals surface area contributed by atoms with Crippen LogP contribution in [0.4, 0.5) is 0 Å². The maximum Gasteiger partial charge on any atom is -0.0250 e. The molecule has 18 heavy (non-hydrogen) atoms. The first-order valence-electron chi connectivity index (χ1n) is 7.20. The van der Waals surface area contributed by atoms with Crippen LogP contribution >= 0.6 is 0 Å². The van der Waals surface area contributed by atoms with Gasteiger partial charge in [0.15, 0.2) is 0 Å². The van der Waals surface area contributed by atoms with Crippen LogP contribution in [-0.2, 0) is 6.42 Å². The van der Waals surface area contributed by atoms with E-state index in [1.54, 1.807) is 0 Å². The molecule has 0 nitrogen and oxygen atoms in total. The van der Waals surface area contributed by atoms with Crippen molar-refractivity contribution in [3.63, 3.8) is 0 Å². The van der Waals surface area contributed by atoms with Crippen LogP contribution in [0.3, 0.4) is 0 Å². The Kier molecular flexibility index (Phi) is 5.01. The van der Waals surface area contributed by atoms with Crippen molar-refractivity contribution in [2.24, 2.45) is 16.7 Å². The Morgan fingerprint density at radius 3 is 1.61 bits per heavy atom. The van der Waals surface area contributed by atoms with E-state index in [9.17, 15) is 0 Å². The van der Waals surface area contributed by atoms with E-state index in [1.165, 1.54) is 24.8 Å². The normalized spacial score (nSPS) is 13.1. The molecule has 0 aliphatic rings. The van der Waals surface area contributed by atoms with Gasteiger partial charge in [-0.15, -0.1) is 0 Å². The second-order valence-corrected chi connectivity index (χ2v) is 8.09. The molecule has 0 saturated heterocycles. The van der Waals surface area contributed by atoms with Crippen molar-refractivity contribution in [3.8, 4) is 0 Å². The van der Waals surface area contributed by atoms with Gasteiger partial charge in [-0.1, -0.05) is 71.9 Å². The van der Waals surface area contributed by atoms with E-state index in [-0.39, 0.29) is 0 Å². The molecule has 0 fully saturated rings. The topological polar surface area (TPSA) is 0 Å². The van der Waals surface area contributed by atoms with Gasteiger partial charge in [0.05, 0.1) is 0 Å². The van der Waals surface area contributed by atoms with Crippen LogP contribution in [-0.4, -0.2) is 0 Å². The number of benzene rings is 1. The van der Waals surface area contributed by atoms with Crippen molar-refractivity contribution in [1.29, 1.82) is 0 Å². The molecule has 0 atom stereocenters. The first kappa shape index (κ1) is 15.3. The molecule has 1 aromatic carbocycles. The van der Waals surface area contributed by atoms with Crippen molar-refractivity contribution < 1.29 is 0 Å². The zero-order valence-electron chi connectivity index (χ0n) is 13.1. The minimum atomic E-state index is 0.421. The molecule has 0 bridgehead atoms. The van der Waals surface area contributed by atoms with Crippen molar-refractivity contribution in [1.82, 2.24) is 0 Å². The van der Waals surface area contributed by atoms with Crippen LogP contribution in [0.1, 0.15) is 59.9 Å². The molecule has 0 spiro atoms. The molecule has 0 aromatic heterocycles. The van der Waals surface area contributed by atoms with Gasteiger partial charge in [0.1, 0.15) is 0 Å². The van der Waals surface area contributed by atoms with Crippen molar-refractivity contribution in [2.75, 3.05) is 0 Å². The fraction of sp³-hybridized carbons (Fsp3) is 0.667. The van der Waals surface area contributed by atoms with Crippen molar-refractivity contribution >= 4 is 0 Å². The first-order chi connectivity index (χ1) is 8.16. The third kappa shape index (κ3) is 6.83. The van der Waals surface area contributed by atoms with Crippen LogP contribution in [0.15, 0.2) is 30.3 Å². The van der Waals surface area contributed by atoms with Crippen molar-refractivity contribution in [3.05, 3.63) is 35.9 Å². The minimum absolute atomic E-state index is 0.421. The van der Waals surface area contributed by atoms with E-state index in [0.717, 1.165) is 5.92 Å². The van der Waals surface area contributed by atoms with Gasteiger partial charge < -0.3 is 0 Å². The predicted octanol–water partition coefficient (Wildman–Crippen LogP) is 5.72. The summed E-state index contributed by atoms with van der Waals surface area (Å²) in [6.07, 6.45) is 3.83. The third-order valence-corrected chi connectivity index (χ3v) is 3.17. The largest absolute Gasteiger partial charge is 0.0622 e. The molecule has 1 rings (SSSR count). The van der Waals surface area contributed by atoms with E-state index >= 15 is 0 Å². The molecular formula is C18H30. The molecule has 0 unspecified atom stereocenters. The quantitative estimate of drug-likeness (QED) is 0.637. The lowest BCUT2D eigenvalue weighted by Crippen LogP contribution is -2.21. The van der Waals surface area contributed by atoms with Gasteiger partial charge in [0.2, 0.25) is 0 Å². The average molecular weight is 246 g/mol. The molecule has 0 radical (unpaired) electrons. The van der Waals surface area contributed by atoms with Gasteiger partial charge in [0, 0.05) is 0 Å². The Labute approximate surface area is 114 Å². The van der Waals surface area contributed by atoms with Crippen LogP contribution in [0.2, 0.25) is 0 Å². The van der Waals surface area contributed by atoms with Gasteiger partial charge in [-0.25, -0.2) is 0 Å². The number of rotatable bonds is 4. The van der Waals surface area contributed by atoms with E-state index in [1.807, 2.05) is 0 Å². The summed E-state index contributed by atoms with van der Waals surface area (Å²) < 4.78 is 0. The lowest BCUT2D eigenvalue weighted by molar-refractivity contribution is 0.219. The molecular weight excluding hydrogens is 216 g/mol. The highest BCUT2D eigenvalue weighted by Crippen LogP contribution is 2.34. The van der Waals surface area contributed by atoms with Gasteiger partial charge in [-0.3, -0.25) is 0 Å². The summed E-state index contributed by atoms with van der Waals surface area (Å²) in [5.41, 5.74) is 2.33. The maximum absolute atomic E-state index is 2.35. The van der Waals surface area contributed by atoms with E-state index in [4.69, 9.17) is 0 Å². The van der Waals surface area contributed by atoms with E-state index in [0.29, 0.717) is 10.8 Å². The fourth-order valence-electron chi connectivity index (χ4n) is 2.90. The Bertz CT molecular complexity index is 319. The average Bonchev–Trinajstić information content (AvgIpc) is 2.13. The smallest absolute Gasteiger partial charge is 0.0250 e. The molecule has 102 valence electrons. The summed E-state index contributed by atoms with van der Waals surface area (Å²) in [5, 5.41) is 0. The maximum atomic E-state index is 2.35. The molecule has 0 aliphatic carbocycles. The molecule has 0 heterocycles. The highest BCUT2D eigenvalue weighted by molar-refractivity contribution is 5.15. The summed E-state index contributed by atoms with van der Waals surface area (Å²) in [4.78, 5) is 0. The molecule has 0 saturated carbocycles. The Morgan fingerprint density at radius 2 is 1.22 bits per heavy atom. The van der Waals surface area contributed by atoms with E-state index < -0.39 is 0 Å². The molecule has 0 amide bonds. The van der Waals surface area contributed by atoms with Gasteiger partial charge in [-0.2, -0.15) is 0 Å². The standard InChI is InChI=1S/C18H30/c1-17(2,3)13-16(14-18(4,5)6)12-15-10-8-7-9-11-15/h7-11,16H,12-14H2,1-6H3. The zero-order valence-corrected chi connectivity index (χ0v) is 13.1. The van der Waals surface area contributed by atoms with Crippen LogP contribution in [0.5, 0.6) is 0 Å². The van der Waals surface area contributed by atoms with Crippen LogP contribution in [0, 0.1) is 16.7 Å². The summed E-state index contributed by atoms with van der Waals surface area (Å²) >= 11 is 0. The lowest BCUT2D eigenvalue weighted by Gasteiger charge is -2.31. The second kappa shape index (κ2) is 5.91. The van der Waals surface area contributed by atoms with Gasteiger partial charge in [-0.05, 0) is 41.6 Å². The summed E-state index contributed by atoms with van der Waals surface area (Å²) in [6.45, 7) is 14.1. The lowest BCUT2D eigenvalue weighted by atomic mass is 9.74. The molecule has 0 N–H and O–H groups in total. The van der Waals surface area contributed by atoms with Crippen LogP contribution < -0.4 is 0 Å². The molecule has 0 heteroatoms. The Balaban J connectivity index is 2.72. The number of hydrogen-bond donors (Lipinski definition) is 0. The van der Waals surface area contributed by atoms with Gasteiger partial charge >= 0.3 is 0 Å². The van der Waals surface area contributed by atoms with Crippen molar-refractivity contribution in [2.45, 2.75) is 60.8 Å². The molecule has 0 aliphatic heterocycles. The number of hydrogen-bond acceptors (Lipinski definition) is 0. The predicted molar refractivity (Wildman–Crippen MR) is 81.8 cm³/mol. The Hall–Kier alpha value is -0.780. The highest BCUT2D eigenvalue weighted by Gasteiger charge is 2.23. The van der Waals surface area contributed by atoms with Gasteiger partial charge in [0.25, 0.3) is 0 Å². The fourth-order valence-corrected chi connectivity index (χ4v) is 2.90. The second-order valence-electron chi connectivity index (χ2n) is 8.09. The SMILES string of the molecule is CC(C)(C)CC(Cc1ccccc1)CC(C)(C)C. The minimum Gasteiger partial charge on any atom is -0.0622 e. The van der Waals surface area contributed by atoms with Crippen LogP contribution in [0.25, 0.3) is 0 Å². The Morgan fingerprint density at radius 1 is 0.778 bits per heavy atom. The highest BCUT2D eigenvalue weighted by atomic mass is 14.3. The third-order valence-electron chi connectivity index (χ3n) is 3.17. The molecule has 1 aromatic rings. The summed E-state index contributed by atoms with van der Waals surface area (Å²) in [5.74, 6) is 0.785. The monoisotopic (exact) mass is 246 g/mol.